The van der Waals surface area contributed by atoms with Crippen molar-refractivity contribution in [3.63, 3.8) is 0 Å². The van der Waals surface area contributed by atoms with Crippen LogP contribution in [0.2, 0.25) is 15.1 Å². The fraction of sp³-hybridized carbons (Fsp3) is 0.348. The molecule has 0 amide bonds. The molecule has 3 atom stereocenters. The van der Waals surface area contributed by atoms with Gasteiger partial charge in [0.05, 0.1) is 21.0 Å². The summed E-state index contributed by atoms with van der Waals surface area (Å²) in [6, 6.07) is 7.85. The molecule has 0 aromatic heterocycles. The van der Waals surface area contributed by atoms with Crippen LogP contribution in [0, 0.1) is 5.92 Å². The first-order valence-corrected chi connectivity index (χ1v) is 12.6. The smallest absolute Gasteiger partial charge is 0.294 e. The number of rotatable bonds is 9. The van der Waals surface area contributed by atoms with Crippen LogP contribution in [0.4, 0.5) is 26.3 Å². The van der Waals surface area contributed by atoms with Crippen LogP contribution >= 0.6 is 34.8 Å². The standard InChI is InChI=1S/C23H19Cl3F6O2S/c1-13(11-35(34)12-22(27,28)29)8-20(33)15-5-2-14(3-6-15)4-7-17(23(30,31)32)16-9-18(24)21(26)19(25)10-16/h2-7,9-10,13,17H,8,11-12H2,1H3/b7-4+/t13-,17?,35?/m0/s1. The van der Waals surface area contributed by atoms with Crippen LogP contribution in [0.25, 0.3) is 6.08 Å². The summed E-state index contributed by atoms with van der Waals surface area (Å²) in [4.78, 5) is 12.4. The Kier molecular flexibility index (Phi) is 10.3. The van der Waals surface area contributed by atoms with Gasteiger partial charge >= 0.3 is 12.4 Å². The Balaban J connectivity index is 2.10. The molecule has 0 aliphatic rings. The lowest BCUT2D eigenvalue weighted by molar-refractivity contribution is -0.139. The predicted octanol–water partition coefficient (Wildman–Crippen LogP) is 8.53. The summed E-state index contributed by atoms with van der Waals surface area (Å²) in [5.74, 6) is -4.65. The quantitative estimate of drug-likeness (QED) is 0.170. The van der Waals surface area contributed by atoms with E-state index in [-0.39, 0.29) is 44.2 Å². The molecular weight excluding hydrogens is 561 g/mol. The summed E-state index contributed by atoms with van der Waals surface area (Å²) >= 11 is 17.5. The molecular formula is C23H19Cl3F6O2S. The first-order chi connectivity index (χ1) is 16.1. The highest BCUT2D eigenvalue weighted by Crippen LogP contribution is 2.41. The second kappa shape index (κ2) is 12.1. The molecule has 2 nitrogen and oxygen atoms in total. The first-order valence-electron chi connectivity index (χ1n) is 10.0. The fourth-order valence-corrected chi connectivity index (χ4v) is 5.05. The molecule has 2 aromatic rings. The van der Waals surface area contributed by atoms with E-state index < -0.39 is 40.7 Å². The van der Waals surface area contributed by atoms with Crippen molar-refractivity contribution >= 4 is 57.5 Å². The van der Waals surface area contributed by atoms with E-state index in [4.69, 9.17) is 34.8 Å². The van der Waals surface area contributed by atoms with Gasteiger partial charge in [0.15, 0.2) is 5.78 Å². The molecule has 0 aliphatic carbocycles. The molecule has 2 rings (SSSR count). The monoisotopic (exact) mass is 578 g/mol. The summed E-state index contributed by atoms with van der Waals surface area (Å²) in [7, 11) is -2.13. The number of allylic oxidation sites excluding steroid dienone is 1. The third-order valence-electron chi connectivity index (χ3n) is 4.76. The molecule has 35 heavy (non-hydrogen) atoms. The number of hydrogen-bond donors (Lipinski definition) is 0. The van der Waals surface area contributed by atoms with E-state index in [1.54, 1.807) is 0 Å². The highest BCUT2D eigenvalue weighted by molar-refractivity contribution is 7.85. The maximum Gasteiger partial charge on any atom is 0.400 e. The van der Waals surface area contributed by atoms with E-state index >= 15 is 0 Å². The molecule has 0 spiro atoms. The van der Waals surface area contributed by atoms with Crippen molar-refractivity contribution in [1.29, 1.82) is 0 Å². The zero-order valence-electron chi connectivity index (χ0n) is 18.0. The van der Waals surface area contributed by atoms with E-state index in [0.717, 1.165) is 18.2 Å². The molecule has 0 fully saturated rings. The Bertz CT molecular complexity index is 1070. The van der Waals surface area contributed by atoms with E-state index in [1.165, 1.54) is 37.3 Å². The van der Waals surface area contributed by atoms with Crippen molar-refractivity contribution in [2.75, 3.05) is 11.5 Å². The Hall–Kier alpha value is -1.55. The molecule has 0 bridgehead atoms. The summed E-state index contributed by atoms with van der Waals surface area (Å²) in [6.45, 7) is 1.52. The molecule has 0 N–H and O–H groups in total. The lowest BCUT2D eigenvalue weighted by Gasteiger charge is -2.18. The number of carbonyl (C=O) groups is 1. The van der Waals surface area contributed by atoms with Crippen molar-refractivity contribution in [2.24, 2.45) is 5.92 Å². The lowest BCUT2D eigenvalue weighted by Crippen LogP contribution is -2.23. The molecule has 192 valence electrons. The number of alkyl halides is 6. The molecule has 0 radical (unpaired) electrons. The average Bonchev–Trinajstić information content (AvgIpc) is 2.69. The number of hydrogen-bond acceptors (Lipinski definition) is 2. The summed E-state index contributed by atoms with van der Waals surface area (Å²) in [6.07, 6.45) is -7.16. The molecule has 2 unspecified atom stereocenters. The van der Waals surface area contributed by atoms with Crippen LogP contribution in [-0.2, 0) is 10.8 Å². The molecule has 2 aromatic carbocycles. The topological polar surface area (TPSA) is 34.1 Å². The zero-order valence-corrected chi connectivity index (χ0v) is 21.1. The van der Waals surface area contributed by atoms with Crippen LogP contribution < -0.4 is 0 Å². The van der Waals surface area contributed by atoms with Gasteiger partial charge < -0.3 is 0 Å². The second-order valence-corrected chi connectivity index (χ2v) is 10.6. The minimum atomic E-state index is -4.64. The summed E-state index contributed by atoms with van der Waals surface area (Å²) in [5, 5.41) is -0.282. The van der Waals surface area contributed by atoms with Crippen LogP contribution in [0.1, 0.15) is 40.7 Å². The molecule has 0 aliphatic heterocycles. The molecule has 0 heterocycles. The van der Waals surface area contributed by atoms with E-state index in [9.17, 15) is 35.3 Å². The maximum atomic E-state index is 13.6. The largest absolute Gasteiger partial charge is 0.400 e. The van der Waals surface area contributed by atoms with Crippen molar-refractivity contribution < 1.29 is 35.3 Å². The van der Waals surface area contributed by atoms with Gasteiger partial charge in [-0.3, -0.25) is 9.00 Å². The normalized spacial score (nSPS) is 15.3. The van der Waals surface area contributed by atoms with Gasteiger partial charge in [-0.25, -0.2) is 0 Å². The summed E-state index contributed by atoms with van der Waals surface area (Å²) < 4.78 is 89.4. The number of carbonyl (C=O) groups excluding carboxylic acids is 1. The number of ketones is 1. The predicted molar refractivity (Wildman–Crippen MR) is 128 cm³/mol. The van der Waals surface area contributed by atoms with E-state index in [2.05, 4.69) is 0 Å². The van der Waals surface area contributed by atoms with Gasteiger partial charge in [0.1, 0.15) is 5.75 Å². The number of halogens is 9. The van der Waals surface area contributed by atoms with Gasteiger partial charge in [-0.05, 0) is 29.2 Å². The molecule has 0 saturated carbocycles. The minimum absolute atomic E-state index is 0.0526. The van der Waals surface area contributed by atoms with Crippen molar-refractivity contribution in [1.82, 2.24) is 0 Å². The van der Waals surface area contributed by atoms with E-state index in [0.29, 0.717) is 5.56 Å². The van der Waals surface area contributed by atoms with Crippen molar-refractivity contribution in [3.05, 3.63) is 74.2 Å². The highest BCUT2D eigenvalue weighted by atomic mass is 35.5. The lowest BCUT2D eigenvalue weighted by atomic mass is 9.96. The Morgan fingerprint density at radius 1 is 1.00 bits per heavy atom. The second-order valence-electron chi connectivity index (χ2n) is 7.90. The van der Waals surface area contributed by atoms with Gasteiger partial charge in [-0.1, -0.05) is 78.1 Å². The first kappa shape index (κ1) is 29.7. The van der Waals surface area contributed by atoms with Gasteiger partial charge in [-0.2, -0.15) is 26.3 Å². The maximum absolute atomic E-state index is 13.6. The fourth-order valence-electron chi connectivity index (χ4n) is 3.20. The third-order valence-corrected chi connectivity index (χ3v) is 7.55. The van der Waals surface area contributed by atoms with Crippen molar-refractivity contribution in [2.45, 2.75) is 31.6 Å². The third kappa shape index (κ3) is 9.44. The van der Waals surface area contributed by atoms with Gasteiger partial charge in [0.2, 0.25) is 0 Å². The van der Waals surface area contributed by atoms with E-state index in [1.807, 2.05) is 0 Å². The SMILES string of the molecule is C[C@@H](CC(=O)c1ccc(/C=C/C(c2cc(Cl)c(Cl)c(Cl)c2)C(F)(F)F)cc1)CS(=O)CC(F)(F)F. The van der Waals surface area contributed by atoms with Crippen LogP contribution in [-0.4, -0.2) is 33.9 Å². The minimum Gasteiger partial charge on any atom is -0.294 e. The average molecular weight is 580 g/mol. The molecule has 0 saturated heterocycles. The number of Topliss-reactive ketones (excluding diaryl/α,β-unsaturated/α-hetero) is 1. The van der Waals surface area contributed by atoms with Crippen LogP contribution in [0.3, 0.4) is 0 Å². The van der Waals surface area contributed by atoms with Crippen LogP contribution in [0.15, 0.2) is 42.5 Å². The Labute approximate surface area is 215 Å². The molecule has 12 heteroatoms. The zero-order chi connectivity index (χ0) is 26.6. The van der Waals surface area contributed by atoms with Gasteiger partial charge in [0, 0.05) is 28.5 Å². The summed E-state index contributed by atoms with van der Waals surface area (Å²) in [5.41, 5.74) is 0.414. The van der Waals surface area contributed by atoms with Gasteiger partial charge in [-0.15, -0.1) is 0 Å². The Morgan fingerprint density at radius 3 is 2.03 bits per heavy atom. The van der Waals surface area contributed by atoms with Crippen LogP contribution in [0.5, 0.6) is 0 Å². The number of benzene rings is 2. The highest BCUT2D eigenvalue weighted by Gasteiger charge is 2.39. The van der Waals surface area contributed by atoms with Gasteiger partial charge in [0.25, 0.3) is 0 Å². The van der Waals surface area contributed by atoms with Crippen molar-refractivity contribution in [3.8, 4) is 0 Å². The Morgan fingerprint density at radius 2 is 1.54 bits per heavy atom.